The standard InChI is InChI=1S/C9H14N2O/c1-6(2)12-9-5-10-8(4)11-7(9)3/h5-6H,1-4H3. The number of aromatic nitrogens is 2. The summed E-state index contributed by atoms with van der Waals surface area (Å²) in [7, 11) is 0. The molecular weight excluding hydrogens is 152 g/mol. The van der Waals surface area contributed by atoms with Crippen LogP contribution in [0.1, 0.15) is 25.4 Å². The lowest BCUT2D eigenvalue weighted by molar-refractivity contribution is 0.238. The van der Waals surface area contributed by atoms with Gasteiger partial charge in [0.2, 0.25) is 0 Å². The van der Waals surface area contributed by atoms with Crippen LogP contribution in [0.15, 0.2) is 6.20 Å². The first kappa shape index (κ1) is 8.97. The maximum absolute atomic E-state index is 5.47. The van der Waals surface area contributed by atoms with Gasteiger partial charge in [-0.1, -0.05) is 0 Å². The molecule has 1 aromatic heterocycles. The van der Waals surface area contributed by atoms with Gasteiger partial charge in [-0.05, 0) is 27.7 Å². The van der Waals surface area contributed by atoms with Gasteiger partial charge in [-0.3, -0.25) is 0 Å². The summed E-state index contributed by atoms with van der Waals surface area (Å²) in [6.45, 7) is 7.76. The van der Waals surface area contributed by atoms with E-state index in [1.807, 2.05) is 27.7 Å². The number of aryl methyl sites for hydroxylation is 2. The molecule has 0 atom stereocenters. The van der Waals surface area contributed by atoms with Gasteiger partial charge in [0, 0.05) is 0 Å². The Labute approximate surface area is 72.8 Å². The van der Waals surface area contributed by atoms with Gasteiger partial charge in [-0.2, -0.15) is 0 Å². The lowest BCUT2D eigenvalue weighted by atomic mass is 10.4. The minimum absolute atomic E-state index is 0.176. The van der Waals surface area contributed by atoms with E-state index in [-0.39, 0.29) is 6.10 Å². The van der Waals surface area contributed by atoms with Crippen molar-refractivity contribution >= 4 is 0 Å². The first-order chi connectivity index (χ1) is 5.59. The Kier molecular flexibility index (Phi) is 2.63. The smallest absolute Gasteiger partial charge is 0.159 e. The number of ether oxygens (including phenoxy) is 1. The summed E-state index contributed by atoms with van der Waals surface area (Å²) in [5, 5.41) is 0. The summed E-state index contributed by atoms with van der Waals surface area (Å²) in [6.07, 6.45) is 1.90. The molecule has 0 fully saturated rings. The molecule has 1 aromatic rings. The predicted octanol–water partition coefficient (Wildman–Crippen LogP) is 1.88. The summed E-state index contributed by atoms with van der Waals surface area (Å²) in [4.78, 5) is 8.25. The van der Waals surface area contributed by atoms with Gasteiger partial charge in [0.1, 0.15) is 5.82 Å². The van der Waals surface area contributed by atoms with E-state index >= 15 is 0 Å². The zero-order chi connectivity index (χ0) is 9.14. The highest BCUT2D eigenvalue weighted by molar-refractivity contribution is 5.23. The third kappa shape index (κ3) is 2.19. The van der Waals surface area contributed by atoms with Gasteiger partial charge in [-0.25, -0.2) is 9.97 Å². The highest BCUT2D eigenvalue weighted by Gasteiger charge is 2.03. The van der Waals surface area contributed by atoms with E-state index in [0.29, 0.717) is 0 Å². The van der Waals surface area contributed by atoms with Crippen molar-refractivity contribution in [1.29, 1.82) is 0 Å². The molecule has 3 heteroatoms. The van der Waals surface area contributed by atoms with Crippen molar-refractivity contribution < 1.29 is 4.74 Å². The largest absolute Gasteiger partial charge is 0.487 e. The van der Waals surface area contributed by atoms with Gasteiger partial charge < -0.3 is 4.74 Å². The fourth-order valence-electron chi connectivity index (χ4n) is 0.942. The van der Waals surface area contributed by atoms with Crippen LogP contribution in [0.25, 0.3) is 0 Å². The van der Waals surface area contributed by atoms with Gasteiger partial charge in [0.05, 0.1) is 18.0 Å². The molecule has 0 saturated heterocycles. The van der Waals surface area contributed by atoms with E-state index in [4.69, 9.17) is 4.74 Å². The van der Waals surface area contributed by atoms with Crippen molar-refractivity contribution in [3.63, 3.8) is 0 Å². The molecule has 0 aliphatic carbocycles. The quantitative estimate of drug-likeness (QED) is 0.672. The minimum atomic E-state index is 0.176. The maximum atomic E-state index is 5.47. The van der Waals surface area contributed by atoms with E-state index in [1.165, 1.54) is 0 Å². The molecule has 0 aliphatic heterocycles. The molecule has 1 rings (SSSR count). The predicted molar refractivity (Wildman–Crippen MR) is 47.3 cm³/mol. The molecule has 66 valence electrons. The van der Waals surface area contributed by atoms with Crippen molar-refractivity contribution in [3.05, 3.63) is 17.7 Å². The molecule has 0 radical (unpaired) electrons. The van der Waals surface area contributed by atoms with Crippen molar-refractivity contribution in [2.75, 3.05) is 0 Å². The summed E-state index contributed by atoms with van der Waals surface area (Å²) in [5.74, 6) is 1.55. The molecule has 0 saturated carbocycles. The van der Waals surface area contributed by atoms with E-state index in [1.54, 1.807) is 6.20 Å². The Bertz CT molecular complexity index is 271. The van der Waals surface area contributed by atoms with Crippen molar-refractivity contribution in [3.8, 4) is 5.75 Å². The van der Waals surface area contributed by atoms with Crippen LogP contribution in [0.3, 0.4) is 0 Å². The number of rotatable bonds is 2. The first-order valence-corrected chi connectivity index (χ1v) is 4.06. The van der Waals surface area contributed by atoms with Crippen molar-refractivity contribution in [1.82, 2.24) is 9.97 Å². The number of hydrogen-bond acceptors (Lipinski definition) is 3. The Hall–Kier alpha value is -1.12. The molecule has 1 heterocycles. The maximum Gasteiger partial charge on any atom is 0.159 e. The Morgan fingerprint density at radius 2 is 2.00 bits per heavy atom. The second-order valence-electron chi connectivity index (χ2n) is 3.03. The van der Waals surface area contributed by atoms with E-state index < -0.39 is 0 Å². The van der Waals surface area contributed by atoms with E-state index in [2.05, 4.69) is 9.97 Å². The zero-order valence-electron chi connectivity index (χ0n) is 7.96. The van der Waals surface area contributed by atoms with Crippen LogP contribution in [0.2, 0.25) is 0 Å². The van der Waals surface area contributed by atoms with Crippen molar-refractivity contribution in [2.24, 2.45) is 0 Å². The van der Waals surface area contributed by atoms with E-state index in [9.17, 15) is 0 Å². The van der Waals surface area contributed by atoms with E-state index in [0.717, 1.165) is 17.3 Å². The molecule has 0 amide bonds. The van der Waals surface area contributed by atoms with Gasteiger partial charge in [0.15, 0.2) is 5.75 Å². The molecule has 0 bridgehead atoms. The Morgan fingerprint density at radius 3 is 2.50 bits per heavy atom. The second-order valence-corrected chi connectivity index (χ2v) is 3.03. The van der Waals surface area contributed by atoms with Crippen LogP contribution >= 0.6 is 0 Å². The lowest BCUT2D eigenvalue weighted by Crippen LogP contribution is -2.08. The second kappa shape index (κ2) is 3.52. The highest BCUT2D eigenvalue weighted by Crippen LogP contribution is 2.14. The summed E-state index contributed by atoms with van der Waals surface area (Å²) < 4.78 is 5.47. The molecule has 0 N–H and O–H groups in total. The Morgan fingerprint density at radius 1 is 1.33 bits per heavy atom. The topological polar surface area (TPSA) is 35.0 Å². The average Bonchev–Trinajstić information content (AvgIpc) is 1.94. The molecule has 0 unspecified atom stereocenters. The van der Waals surface area contributed by atoms with Crippen molar-refractivity contribution in [2.45, 2.75) is 33.8 Å². The number of hydrogen-bond donors (Lipinski definition) is 0. The summed E-state index contributed by atoms with van der Waals surface area (Å²) >= 11 is 0. The zero-order valence-corrected chi connectivity index (χ0v) is 7.96. The van der Waals surface area contributed by atoms with Crippen LogP contribution in [0.4, 0.5) is 0 Å². The highest BCUT2D eigenvalue weighted by atomic mass is 16.5. The molecule has 12 heavy (non-hydrogen) atoms. The van der Waals surface area contributed by atoms with Crippen LogP contribution in [-0.4, -0.2) is 16.1 Å². The SMILES string of the molecule is Cc1ncc(OC(C)C)c(C)n1. The molecule has 0 spiro atoms. The van der Waals surface area contributed by atoms with Crippen LogP contribution in [0.5, 0.6) is 5.75 Å². The normalized spacial score (nSPS) is 10.4. The monoisotopic (exact) mass is 166 g/mol. The third-order valence-electron chi connectivity index (χ3n) is 1.42. The van der Waals surface area contributed by atoms with Gasteiger partial charge in [-0.15, -0.1) is 0 Å². The molecule has 0 aromatic carbocycles. The van der Waals surface area contributed by atoms with Crippen LogP contribution in [0, 0.1) is 13.8 Å². The minimum Gasteiger partial charge on any atom is -0.487 e. The van der Waals surface area contributed by atoms with Crippen LogP contribution < -0.4 is 4.74 Å². The first-order valence-electron chi connectivity index (χ1n) is 4.06. The molecule has 3 nitrogen and oxygen atoms in total. The number of nitrogens with zero attached hydrogens (tertiary/aromatic N) is 2. The molecular formula is C9H14N2O. The Balaban J connectivity index is 2.86. The average molecular weight is 166 g/mol. The fourth-order valence-corrected chi connectivity index (χ4v) is 0.942. The third-order valence-corrected chi connectivity index (χ3v) is 1.42. The molecule has 0 aliphatic rings. The van der Waals surface area contributed by atoms with Gasteiger partial charge in [0.25, 0.3) is 0 Å². The summed E-state index contributed by atoms with van der Waals surface area (Å²) in [5.41, 5.74) is 0.899. The van der Waals surface area contributed by atoms with Gasteiger partial charge >= 0.3 is 0 Å². The van der Waals surface area contributed by atoms with Crippen LogP contribution in [-0.2, 0) is 0 Å². The lowest BCUT2D eigenvalue weighted by Gasteiger charge is -2.10. The fraction of sp³-hybridized carbons (Fsp3) is 0.556. The summed E-state index contributed by atoms with van der Waals surface area (Å²) in [6, 6.07) is 0.